The Hall–Kier alpha value is -2.89. The number of carbonyl (C=O) groups is 1. The lowest BCUT2D eigenvalue weighted by Gasteiger charge is -2.25. The third-order valence-corrected chi connectivity index (χ3v) is 5.49. The van der Waals surface area contributed by atoms with Gasteiger partial charge in [-0.3, -0.25) is 0 Å². The van der Waals surface area contributed by atoms with Gasteiger partial charge in [0, 0.05) is 30.9 Å². The van der Waals surface area contributed by atoms with E-state index in [1.165, 1.54) is 32.1 Å². The molecule has 1 aliphatic carbocycles. The Balaban J connectivity index is 1.44. The molecule has 146 valence electrons. The molecule has 1 saturated carbocycles. The predicted molar refractivity (Wildman–Crippen MR) is 112 cm³/mol. The molecule has 1 fully saturated rings. The van der Waals surface area contributed by atoms with Crippen molar-refractivity contribution in [3.05, 3.63) is 54.0 Å². The highest BCUT2D eigenvalue weighted by molar-refractivity contribution is 5.90. The standard InChI is InChI=1S/C22H27N5O/c1-16-8-5-6-11-18(16)26-22(28)24-15-13-20-25-19-12-7-14-23-21(19)27(20)17-9-3-2-4-10-17/h5-8,11-12,14,17H,2-4,9-10,13,15H2,1H3,(H2,24,26,28). The summed E-state index contributed by atoms with van der Waals surface area (Å²) in [7, 11) is 0. The molecule has 0 radical (unpaired) electrons. The fraction of sp³-hybridized carbons (Fsp3) is 0.409. The van der Waals surface area contributed by atoms with Crippen LogP contribution >= 0.6 is 0 Å². The van der Waals surface area contributed by atoms with Crippen LogP contribution < -0.4 is 10.6 Å². The number of anilines is 1. The quantitative estimate of drug-likeness (QED) is 0.682. The molecule has 2 amide bonds. The first-order valence-electron chi connectivity index (χ1n) is 10.1. The molecule has 6 heteroatoms. The second kappa shape index (κ2) is 8.42. The zero-order valence-corrected chi connectivity index (χ0v) is 16.3. The molecule has 0 atom stereocenters. The minimum Gasteiger partial charge on any atom is -0.337 e. The van der Waals surface area contributed by atoms with Gasteiger partial charge in [-0.2, -0.15) is 0 Å². The normalized spacial score (nSPS) is 14.9. The van der Waals surface area contributed by atoms with Gasteiger partial charge in [0.1, 0.15) is 11.3 Å². The fourth-order valence-electron chi connectivity index (χ4n) is 4.04. The number of fused-ring (bicyclic) bond motifs is 1. The van der Waals surface area contributed by atoms with Gasteiger partial charge in [-0.15, -0.1) is 0 Å². The number of pyridine rings is 1. The molecule has 0 saturated heterocycles. The molecule has 2 N–H and O–H groups in total. The molecule has 0 spiro atoms. The highest BCUT2D eigenvalue weighted by atomic mass is 16.2. The number of urea groups is 1. The van der Waals surface area contributed by atoms with Crippen molar-refractivity contribution in [1.82, 2.24) is 19.9 Å². The molecule has 0 aliphatic heterocycles. The number of benzene rings is 1. The lowest BCUT2D eigenvalue weighted by molar-refractivity contribution is 0.252. The minimum atomic E-state index is -0.187. The number of hydrogen-bond donors (Lipinski definition) is 2. The van der Waals surface area contributed by atoms with E-state index >= 15 is 0 Å². The molecule has 28 heavy (non-hydrogen) atoms. The molecule has 2 heterocycles. The smallest absolute Gasteiger partial charge is 0.319 e. The molecule has 1 aliphatic rings. The number of rotatable bonds is 5. The maximum Gasteiger partial charge on any atom is 0.319 e. The summed E-state index contributed by atoms with van der Waals surface area (Å²) in [5.74, 6) is 1.01. The fourth-order valence-corrected chi connectivity index (χ4v) is 4.04. The van der Waals surface area contributed by atoms with Crippen LogP contribution in [-0.2, 0) is 6.42 Å². The molecule has 6 nitrogen and oxygen atoms in total. The zero-order chi connectivity index (χ0) is 19.3. The summed E-state index contributed by atoms with van der Waals surface area (Å²) in [6.45, 7) is 2.52. The SMILES string of the molecule is Cc1ccccc1NC(=O)NCCc1nc2cccnc2n1C1CCCCC1. The van der Waals surface area contributed by atoms with E-state index in [0.717, 1.165) is 28.2 Å². The van der Waals surface area contributed by atoms with Gasteiger partial charge in [-0.1, -0.05) is 37.5 Å². The number of imidazole rings is 1. The Bertz CT molecular complexity index is 958. The maximum atomic E-state index is 12.3. The summed E-state index contributed by atoms with van der Waals surface area (Å²) in [6.07, 6.45) is 8.70. The van der Waals surface area contributed by atoms with Crippen LogP contribution in [-0.4, -0.2) is 27.1 Å². The van der Waals surface area contributed by atoms with Crippen molar-refractivity contribution in [2.24, 2.45) is 0 Å². The Morgan fingerprint density at radius 2 is 1.96 bits per heavy atom. The number of amides is 2. The van der Waals surface area contributed by atoms with Crippen molar-refractivity contribution in [2.45, 2.75) is 51.5 Å². The van der Waals surface area contributed by atoms with E-state index in [4.69, 9.17) is 4.98 Å². The van der Waals surface area contributed by atoms with E-state index in [2.05, 4.69) is 20.2 Å². The molecule has 4 rings (SSSR count). The second-order valence-corrected chi connectivity index (χ2v) is 7.48. The van der Waals surface area contributed by atoms with Gasteiger partial charge in [0.2, 0.25) is 0 Å². The Morgan fingerprint density at radius 3 is 2.79 bits per heavy atom. The number of aromatic nitrogens is 3. The van der Waals surface area contributed by atoms with Crippen LogP contribution in [0.3, 0.4) is 0 Å². The molecule has 0 bridgehead atoms. The van der Waals surface area contributed by atoms with Crippen LogP contribution in [0.4, 0.5) is 10.5 Å². The minimum absolute atomic E-state index is 0.187. The van der Waals surface area contributed by atoms with Crippen LogP contribution in [0.5, 0.6) is 0 Å². The van der Waals surface area contributed by atoms with Crippen LogP contribution in [0.2, 0.25) is 0 Å². The van der Waals surface area contributed by atoms with E-state index in [1.807, 2.05) is 49.5 Å². The lowest BCUT2D eigenvalue weighted by Crippen LogP contribution is -2.31. The van der Waals surface area contributed by atoms with Gasteiger partial charge in [0.25, 0.3) is 0 Å². The van der Waals surface area contributed by atoms with Crippen molar-refractivity contribution >= 4 is 22.9 Å². The molecule has 1 aromatic carbocycles. The van der Waals surface area contributed by atoms with E-state index in [1.54, 1.807) is 0 Å². The van der Waals surface area contributed by atoms with E-state index in [-0.39, 0.29) is 6.03 Å². The molecule has 3 aromatic rings. The molecule has 2 aromatic heterocycles. The Morgan fingerprint density at radius 1 is 1.14 bits per heavy atom. The van der Waals surface area contributed by atoms with Crippen molar-refractivity contribution in [3.63, 3.8) is 0 Å². The number of nitrogens with zero attached hydrogens (tertiary/aromatic N) is 3. The van der Waals surface area contributed by atoms with Crippen LogP contribution in [0.25, 0.3) is 11.2 Å². The van der Waals surface area contributed by atoms with Gasteiger partial charge in [0.05, 0.1) is 0 Å². The van der Waals surface area contributed by atoms with E-state index in [0.29, 0.717) is 19.0 Å². The average molecular weight is 377 g/mol. The summed E-state index contributed by atoms with van der Waals surface area (Å²) < 4.78 is 2.31. The first-order valence-corrected chi connectivity index (χ1v) is 10.1. The van der Waals surface area contributed by atoms with E-state index in [9.17, 15) is 4.79 Å². The van der Waals surface area contributed by atoms with Crippen molar-refractivity contribution in [2.75, 3.05) is 11.9 Å². The number of carbonyl (C=O) groups excluding carboxylic acids is 1. The predicted octanol–water partition coefficient (Wildman–Crippen LogP) is 4.61. The maximum absolute atomic E-state index is 12.3. The number of para-hydroxylation sites is 1. The lowest BCUT2D eigenvalue weighted by atomic mass is 9.95. The van der Waals surface area contributed by atoms with Crippen molar-refractivity contribution < 1.29 is 4.79 Å². The van der Waals surface area contributed by atoms with Crippen LogP contribution in [0, 0.1) is 6.92 Å². The number of hydrogen-bond acceptors (Lipinski definition) is 3. The Labute approximate surface area is 165 Å². The summed E-state index contributed by atoms with van der Waals surface area (Å²) in [6, 6.07) is 12.0. The van der Waals surface area contributed by atoms with Crippen molar-refractivity contribution in [3.8, 4) is 0 Å². The van der Waals surface area contributed by atoms with Gasteiger partial charge >= 0.3 is 6.03 Å². The highest BCUT2D eigenvalue weighted by Gasteiger charge is 2.21. The zero-order valence-electron chi connectivity index (χ0n) is 16.3. The summed E-state index contributed by atoms with van der Waals surface area (Å²) in [5, 5.41) is 5.87. The van der Waals surface area contributed by atoms with Gasteiger partial charge in [-0.25, -0.2) is 14.8 Å². The van der Waals surface area contributed by atoms with Gasteiger partial charge < -0.3 is 15.2 Å². The third-order valence-electron chi connectivity index (χ3n) is 5.49. The summed E-state index contributed by atoms with van der Waals surface area (Å²) in [4.78, 5) is 21.6. The first kappa shape index (κ1) is 18.5. The van der Waals surface area contributed by atoms with Gasteiger partial charge in [0.15, 0.2) is 5.65 Å². The highest BCUT2D eigenvalue weighted by Crippen LogP contribution is 2.31. The van der Waals surface area contributed by atoms with Crippen LogP contribution in [0.15, 0.2) is 42.6 Å². The molecule has 0 unspecified atom stereocenters. The monoisotopic (exact) mass is 377 g/mol. The summed E-state index contributed by atoms with van der Waals surface area (Å²) in [5.41, 5.74) is 3.78. The second-order valence-electron chi connectivity index (χ2n) is 7.48. The molecular weight excluding hydrogens is 350 g/mol. The van der Waals surface area contributed by atoms with Gasteiger partial charge in [-0.05, 0) is 43.5 Å². The summed E-state index contributed by atoms with van der Waals surface area (Å²) >= 11 is 0. The van der Waals surface area contributed by atoms with E-state index < -0.39 is 0 Å². The van der Waals surface area contributed by atoms with Crippen LogP contribution in [0.1, 0.15) is 49.5 Å². The molecular formula is C22H27N5O. The third kappa shape index (κ3) is 4.01. The topological polar surface area (TPSA) is 71.8 Å². The number of aryl methyl sites for hydroxylation is 1. The van der Waals surface area contributed by atoms with Crippen molar-refractivity contribution in [1.29, 1.82) is 0 Å². The Kier molecular flexibility index (Phi) is 5.55. The average Bonchev–Trinajstić information content (AvgIpc) is 3.08. The first-order chi connectivity index (χ1) is 13.7. The largest absolute Gasteiger partial charge is 0.337 e. The number of nitrogens with one attached hydrogen (secondary N) is 2.